The van der Waals surface area contributed by atoms with E-state index in [1.807, 2.05) is 19.0 Å². The van der Waals surface area contributed by atoms with Gasteiger partial charge in [0.1, 0.15) is 23.0 Å². The molecule has 1 saturated heterocycles. The number of carboxylic acid groups (broad SMARTS) is 1. The van der Waals surface area contributed by atoms with E-state index in [0.29, 0.717) is 51.9 Å². The van der Waals surface area contributed by atoms with Crippen molar-refractivity contribution in [2.24, 2.45) is 0 Å². The number of nitrogens with one attached hydrogen (secondary N) is 1. The number of pyridine rings is 2. The minimum Gasteiger partial charge on any atom is -0.477 e. The van der Waals surface area contributed by atoms with E-state index in [1.165, 1.54) is 18.5 Å². The molecule has 0 aliphatic carbocycles. The molecule has 0 amide bonds. The maximum Gasteiger partial charge on any atom is 0.341 e. The number of hydrogen-bond donors (Lipinski definition) is 2. The summed E-state index contributed by atoms with van der Waals surface area (Å²) in [6.07, 6.45) is 7.77. The number of aromatic nitrogens is 4. The van der Waals surface area contributed by atoms with Gasteiger partial charge in [-0.05, 0) is 51.2 Å². The van der Waals surface area contributed by atoms with Gasteiger partial charge in [-0.2, -0.15) is 0 Å². The summed E-state index contributed by atoms with van der Waals surface area (Å²) in [6, 6.07) is 6.75. The standard InChI is InChI=1S/C28H29Cl2N7O4/c1-35(2)10-8-31-24-13-34-25(14-33-24)37-15-19(28(39)40)26(38)18-11-21(30)23(12-22(18)37)36-9-4-5-17(36)16-41-27-20(29)6-3-7-32-27/h3,6-7,11-15,17H,4-5,8-10,16H2,1-2H3,(H,31,33)(H,39,40)/t17-/m1/s1. The number of ether oxygens (including phenoxy) is 1. The van der Waals surface area contributed by atoms with Gasteiger partial charge >= 0.3 is 5.97 Å². The highest BCUT2D eigenvalue weighted by Crippen LogP contribution is 2.36. The Bertz CT molecular complexity index is 1630. The van der Waals surface area contributed by atoms with Gasteiger partial charge < -0.3 is 25.0 Å². The first-order chi connectivity index (χ1) is 19.7. The SMILES string of the molecule is CN(C)CCNc1cnc(-n2cc(C(=O)O)c(=O)c3cc(Cl)c(N4CCC[C@@H]4COc4ncccc4Cl)cc32)cn1. The third kappa shape index (κ3) is 6.22. The second kappa shape index (κ2) is 12.3. The monoisotopic (exact) mass is 597 g/mol. The lowest BCUT2D eigenvalue weighted by atomic mass is 10.1. The molecule has 13 heteroatoms. The van der Waals surface area contributed by atoms with Gasteiger partial charge in [0.15, 0.2) is 5.82 Å². The van der Waals surface area contributed by atoms with E-state index in [4.69, 9.17) is 27.9 Å². The summed E-state index contributed by atoms with van der Waals surface area (Å²) >= 11 is 12.9. The molecule has 0 bridgehead atoms. The van der Waals surface area contributed by atoms with Crippen molar-refractivity contribution in [2.45, 2.75) is 18.9 Å². The van der Waals surface area contributed by atoms with E-state index < -0.39 is 17.0 Å². The topological polar surface area (TPSA) is 126 Å². The molecule has 1 atom stereocenters. The van der Waals surface area contributed by atoms with E-state index in [2.05, 4.69) is 25.2 Å². The summed E-state index contributed by atoms with van der Waals surface area (Å²) < 4.78 is 7.49. The van der Waals surface area contributed by atoms with E-state index in [1.54, 1.807) is 35.2 Å². The van der Waals surface area contributed by atoms with E-state index >= 15 is 0 Å². The number of fused-ring (bicyclic) bond motifs is 1. The summed E-state index contributed by atoms with van der Waals surface area (Å²) in [7, 11) is 3.96. The van der Waals surface area contributed by atoms with Crippen LogP contribution < -0.4 is 20.4 Å². The van der Waals surface area contributed by atoms with Gasteiger partial charge in [-0.15, -0.1) is 0 Å². The van der Waals surface area contributed by atoms with Crippen LogP contribution in [0, 0.1) is 0 Å². The van der Waals surface area contributed by atoms with Crippen LogP contribution in [0.15, 0.2) is 53.8 Å². The van der Waals surface area contributed by atoms with Crippen LogP contribution in [0.1, 0.15) is 23.2 Å². The minimum absolute atomic E-state index is 0.0196. The maximum atomic E-state index is 13.2. The van der Waals surface area contributed by atoms with Crippen molar-refractivity contribution in [1.82, 2.24) is 24.4 Å². The maximum absolute atomic E-state index is 13.2. The molecule has 0 saturated carbocycles. The second-order valence-corrected chi connectivity index (χ2v) is 10.8. The lowest BCUT2D eigenvalue weighted by molar-refractivity contribution is 0.0695. The average Bonchev–Trinajstić information content (AvgIpc) is 3.41. The number of anilines is 2. The van der Waals surface area contributed by atoms with E-state index in [0.717, 1.165) is 25.9 Å². The van der Waals surface area contributed by atoms with Crippen LogP contribution in [0.25, 0.3) is 16.7 Å². The summed E-state index contributed by atoms with van der Waals surface area (Å²) in [5.41, 5.74) is 0.138. The Labute approximate surface area is 246 Å². The first-order valence-electron chi connectivity index (χ1n) is 13.1. The molecule has 5 rings (SSSR count). The van der Waals surface area contributed by atoms with Crippen LogP contribution in [-0.2, 0) is 0 Å². The van der Waals surface area contributed by atoms with Gasteiger partial charge in [-0.3, -0.25) is 9.36 Å². The number of benzene rings is 1. The van der Waals surface area contributed by atoms with Crippen molar-refractivity contribution in [3.8, 4) is 11.7 Å². The largest absolute Gasteiger partial charge is 0.477 e. The van der Waals surface area contributed by atoms with Gasteiger partial charge in [0.2, 0.25) is 11.3 Å². The van der Waals surface area contributed by atoms with Crippen LogP contribution in [-0.4, -0.2) is 81.9 Å². The van der Waals surface area contributed by atoms with Crippen LogP contribution in [0.4, 0.5) is 11.5 Å². The molecular formula is C28H29Cl2N7O4. The van der Waals surface area contributed by atoms with E-state index in [9.17, 15) is 14.7 Å². The lowest BCUT2D eigenvalue weighted by Crippen LogP contribution is -2.34. The summed E-state index contributed by atoms with van der Waals surface area (Å²) in [4.78, 5) is 42.4. The van der Waals surface area contributed by atoms with Gasteiger partial charge in [-0.1, -0.05) is 23.2 Å². The van der Waals surface area contributed by atoms with Crippen molar-refractivity contribution in [3.63, 3.8) is 0 Å². The van der Waals surface area contributed by atoms with Crippen molar-refractivity contribution < 1.29 is 14.6 Å². The molecule has 4 aromatic rings. The van der Waals surface area contributed by atoms with Crippen molar-refractivity contribution in [3.05, 3.63) is 74.9 Å². The number of likely N-dealkylation sites (N-methyl/N-ethyl adjacent to an activating group) is 1. The van der Waals surface area contributed by atoms with Gasteiger partial charge in [0, 0.05) is 37.4 Å². The van der Waals surface area contributed by atoms with Crippen molar-refractivity contribution in [1.29, 1.82) is 0 Å². The predicted octanol–water partition coefficient (Wildman–Crippen LogP) is 4.20. The highest BCUT2D eigenvalue weighted by molar-refractivity contribution is 6.34. The van der Waals surface area contributed by atoms with Gasteiger partial charge in [0.25, 0.3) is 0 Å². The Morgan fingerprint density at radius 3 is 2.73 bits per heavy atom. The van der Waals surface area contributed by atoms with E-state index in [-0.39, 0.29) is 11.4 Å². The molecule has 1 aliphatic heterocycles. The smallest absolute Gasteiger partial charge is 0.341 e. The molecule has 11 nitrogen and oxygen atoms in total. The number of halogens is 2. The highest BCUT2D eigenvalue weighted by atomic mass is 35.5. The first kappa shape index (κ1) is 28.6. The summed E-state index contributed by atoms with van der Waals surface area (Å²) in [6.45, 7) is 2.56. The number of aromatic carboxylic acids is 1. The zero-order valence-electron chi connectivity index (χ0n) is 22.5. The number of nitrogens with zero attached hydrogens (tertiary/aromatic N) is 6. The van der Waals surface area contributed by atoms with Crippen LogP contribution in [0.5, 0.6) is 5.88 Å². The van der Waals surface area contributed by atoms with Gasteiger partial charge in [0.05, 0.1) is 34.7 Å². The van der Waals surface area contributed by atoms with Gasteiger partial charge in [-0.25, -0.2) is 19.7 Å². The summed E-state index contributed by atoms with van der Waals surface area (Å²) in [5, 5.41) is 13.9. The fraction of sp³-hybridized carbons (Fsp3) is 0.321. The van der Waals surface area contributed by atoms with Crippen molar-refractivity contribution in [2.75, 3.05) is 50.6 Å². The normalized spacial score (nSPS) is 15.0. The lowest BCUT2D eigenvalue weighted by Gasteiger charge is -2.28. The molecular weight excluding hydrogens is 569 g/mol. The Morgan fingerprint density at radius 1 is 1.20 bits per heavy atom. The van der Waals surface area contributed by atoms with Crippen LogP contribution in [0.2, 0.25) is 10.0 Å². The Balaban J connectivity index is 1.52. The number of carboxylic acids is 1. The average molecular weight is 598 g/mol. The Hall–Kier alpha value is -3.93. The van der Waals surface area contributed by atoms with Crippen LogP contribution >= 0.6 is 23.2 Å². The van der Waals surface area contributed by atoms with Crippen molar-refractivity contribution >= 4 is 51.6 Å². The Kier molecular flexibility index (Phi) is 8.57. The molecule has 41 heavy (non-hydrogen) atoms. The molecule has 0 radical (unpaired) electrons. The fourth-order valence-electron chi connectivity index (χ4n) is 4.82. The second-order valence-electron chi connectivity index (χ2n) is 9.95. The Morgan fingerprint density at radius 2 is 2.02 bits per heavy atom. The molecule has 1 aliphatic rings. The fourth-order valence-corrected chi connectivity index (χ4v) is 5.27. The first-order valence-corrected chi connectivity index (χ1v) is 13.8. The molecule has 0 unspecified atom stereocenters. The molecule has 214 valence electrons. The molecule has 0 spiro atoms. The molecule has 4 heterocycles. The van der Waals surface area contributed by atoms with Crippen LogP contribution in [0.3, 0.4) is 0 Å². The molecule has 1 aromatic carbocycles. The molecule has 3 aromatic heterocycles. The minimum atomic E-state index is -1.34. The highest BCUT2D eigenvalue weighted by Gasteiger charge is 2.29. The zero-order chi connectivity index (χ0) is 29.1. The third-order valence-corrected chi connectivity index (χ3v) is 7.47. The third-order valence-electron chi connectivity index (χ3n) is 6.88. The molecule has 1 fully saturated rings. The predicted molar refractivity (Wildman–Crippen MR) is 159 cm³/mol. The summed E-state index contributed by atoms with van der Waals surface area (Å²) in [5.74, 6) is -0.0456. The number of hydrogen-bond acceptors (Lipinski definition) is 9. The quantitative estimate of drug-likeness (QED) is 0.274. The number of rotatable bonds is 10. The number of carbonyl (C=O) groups is 1. The zero-order valence-corrected chi connectivity index (χ0v) is 24.1. The molecule has 2 N–H and O–H groups in total.